The lowest BCUT2D eigenvalue weighted by Gasteiger charge is -2.06. The molecule has 0 aliphatic rings. The van der Waals surface area contributed by atoms with Crippen LogP contribution in [0.2, 0.25) is 0 Å². The highest BCUT2D eigenvalue weighted by molar-refractivity contribution is 9.11. The molecule has 7 heteroatoms. The molecule has 0 spiro atoms. The van der Waals surface area contributed by atoms with E-state index in [1.807, 2.05) is 19.9 Å². The molecule has 0 atom stereocenters. The van der Waals surface area contributed by atoms with Crippen molar-refractivity contribution in [3.8, 4) is 0 Å². The molecule has 4 nitrogen and oxygen atoms in total. The van der Waals surface area contributed by atoms with Crippen molar-refractivity contribution >= 4 is 38.3 Å². The topological polar surface area (TPSA) is 54.0 Å². The van der Waals surface area contributed by atoms with Crippen molar-refractivity contribution < 1.29 is 9.18 Å². The van der Waals surface area contributed by atoms with Gasteiger partial charge in [-0.25, -0.2) is 9.37 Å². The number of benzene rings is 1. The summed E-state index contributed by atoms with van der Waals surface area (Å²) in [5, 5.41) is 6.16. The van der Waals surface area contributed by atoms with Gasteiger partial charge in [0.15, 0.2) is 5.13 Å². The zero-order valence-electron chi connectivity index (χ0n) is 11.7. The third-order valence-corrected chi connectivity index (χ3v) is 4.72. The first-order valence-corrected chi connectivity index (χ1v) is 7.95. The minimum Gasteiger partial charge on any atom is -0.304 e. The van der Waals surface area contributed by atoms with Crippen molar-refractivity contribution in [3.05, 3.63) is 44.6 Å². The van der Waals surface area contributed by atoms with E-state index in [1.54, 1.807) is 6.07 Å². The van der Waals surface area contributed by atoms with Crippen molar-refractivity contribution in [1.29, 1.82) is 0 Å². The average molecular weight is 372 g/mol. The molecule has 0 aliphatic heterocycles. The van der Waals surface area contributed by atoms with Gasteiger partial charge in [-0.05, 0) is 41.4 Å². The van der Waals surface area contributed by atoms with Crippen LogP contribution in [0.25, 0.3) is 0 Å². The Balaban J connectivity index is 1.81. The minimum atomic E-state index is -0.262. The van der Waals surface area contributed by atoms with E-state index in [-0.39, 0.29) is 18.3 Å². The molecular formula is C14H15BrFN3OS. The lowest BCUT2D eigenvalue weighted by atomic mass is 10.1. The number of aromatic nitrogens is 1. The van der Waals surface area contributed by atoms with Crippen LogP contribution in [0.5, 0.6) is 0 Å². The lowest BCUT2D eigenvalue weighted by molar-refractivity contribution is -0.115. The number of halogens is 2. The highest BCUT2D eigenvalue weighted by Crippen LogP contribution is 2.27. The van der Waals surface area contributed by atoms with Gasteiger partial charge in [0.25, 0.3) is 0 Å². The number of carbonyl (C=O) groups excluding carboxylic acids is 1. The van der Waals surface area contributed by atoms with Gasteiger partial charge in [-0.3, -0.25) is 4.79 Å². The molecule has 0 aliphatic carbocycles. The van der Waals surface area contributed by atoms with Gasteiger partial charge in [0, 0.05) is 12.1 Å². The fraction of sp³-hybridized carbons (Fsp3) is 0.286. The maximum absolute atomic E-state index is 13.6. The molecule has 1 amide bonds. The van der Waals surface area contributed by atoms with Crippen LogP contribution in [0, 0.1) is 19.7 Å². The standard InChI is InChI=1S/C14H15BrFN3OS/c1-8-3-4-10(11(16)5-8)6-17-7-12(20)19-14-18-9(2)13(15)21-14/h3-5,17H,6-7H2,1-2H3,(H,18,19,20). The lowest BCUT2D eigenvalue weighted by Crippen LogP contribution is -2.28. The van der Waals surface area contributed by atoms with Gasteiger partial charge in [-0.1, -0.05) is 23.5 Å². The number of aryl methyl sites for hydroxylation is 2. The van der Waals surface area contributed by atoms with E-state index < -0.39 is 0 Å². The molecule has 2 N–H and O–H groups in total. The molecule has 2 rings (SSSR count). The Morgan fingerprint density at radius 2 is 2.19 bits per heavy atom. The van der Waals surface area contributed by atoms with E-state index in [0.29, 0.717) is 17.2 Å². The third kappa shape index (κ3) is 4.59. The first-order chi connectivity index (χ1) is 9.95. The number of anilines is 1. The quantitative estimate of drug-likeness (QED) is 0.846. The molecule has 0 unspecified atom stereocenters. The summed E-state index contributed by atoms with van der Waals surface area (Å²) in [6.45, 7) is 4.10. The van der Waals surface area contributed by atoms with E-state index >= 15 is 0 Å². The summed E-state index contributed by atoms with van der Waals surface area (Å²) in [4.78, 5) is 15.9. The summed E-state index contributed by atoms with van der Waals surface area (Å²) in [6, 6.07) is 5.04. The second-order valence-corrected chi connectivity index (χ2v) is 6.94. The van der Waals surface area contributed by atoms with Crippen molar-refractivity contribution in [2.24, 2.45) is 0 Å². The molecule has 0 radical (unpaired) electrons. The summed E-state index contributed by atoms with van der Waals surface area (Å²) >= 11 is 4.71. The number of carbonyl (C=O) groups is 1. The molecular weight excluding hydrogens is 357 g/mol. The maximum atomic E-state index is 13.6. The van der Waals surface area contributed by atoms with Gasteiger partial charge in [0.05, 0.1) is 16.0 Å². The van der Waals surface area contributed by atoms with E-state index in [1.165, 1.54) is 17.4 Å². The Kier molecular flexibility index (Phi) is 5.44. The number of hydrogen-bond donors (Lipinski definition) is 2. The Morgan fingerprint density at radius 3 is 2.81 bits per heavy atom. The van der Waals surface area contributed by atoms with Crippen molar-refractivity contribution in [2.75, 3.05) is 11.9 Å². The average Bonchev–Trinajstić information content (AvgIpc) is 2.71. The number of hydrogen-bond acceptors (Lipinski definition) is 4. The highest BCUT2D eigenvalue weighted by atomic mass is 79.9. The van der Waals surface area contributed by atoms with Crippen LogP contribution in [0.4, 0.5) is 9.52 Å². The van der Waals surface area contributed by atoms with Crippen molar-refractivity contribution in [2.45, 2.75) is 20.4 Å². The molecule has 0 fully saturated rings. The molecule has 1 heterocycles. The van der Waals surface area contributed by atoms with Crippen molar-refractivity contribution in [3.63, 3.8) is 0 Å². The highest BCUT2D eigenvalue weighted by Gasteiger charge is 2.09. The van der Waals surface area contributed by atoms with Crippen LogP contribution >= 0.6 is 27.3 Å². The number of thiazole rings is 1. The number of nitrogens with one attached hydrogen (secondary N) is 2. The van der Waals surface area contributed by atoms with Crippen LogP contribution in [0.15, 0.2) is 22.0 Å². The van der Waals surface area contributed by atoms with E-state index in [0.717, 1.165) is 15.0 Å². The first-order valence-electron chi connectivity index (χ1n) is 6.34. The van der Waals surface area contributed by atoms with E-state index in [9.17, 15) is 9.18 Å². The third-order valence-electron chi connectivity index (χ3n) is 2.80. The molecule has 2 aromatic rings. The van der Waals surface area contributed by atoms with E-state index in [4.69, 9.17) is 0 Å². The largest absolute Gasteiger partial charge is 0.304 e. The first kappa shape index (κ1) is 16.1. The summed E-state index contributed by atoms with van der Waals surface area (Å²) in [7, 11) is 0. The predicted molar refractivity (Wildman–Crippen MR) is 86.0 cm³/mol. The molecule has 0 bridgehead atoms. The fourth-order valence-electron chi connectivity index (χ4n) is 1.70. The van der Waals surface area contributed by atoms with Crippen LogP contribution in [-0.2, 0) is 11.3 Å². The summed E-state index contributed by atoms with van der Waals surface area (Å²) in [6.07, 6.45) is 0. The summed E-state index contributed by atoms with van der Waals surface area (Å²) in [5.41, 5.74) is 2.25. The van der Waals surface area contributed by atoms with Crippen LogP contribution in [0.3, 0.4) is 0 Å². The van der Waals surface area contributed by atoms with Gasteiger partial charge in [0.2, 0.25) is 5.91 Å². The Labute approximate surface area is 134 Å². The summed E-state index contributed by atoms with van der Waals surface area (Å²) < 4.78 is 14.5. The number of nitrogens with zero attached hydrogens (tertiary/aromatic N) is 1. The molecule has 0 saturated carbocycles. The Morgan fingerprint density at radius 1 is 1.43 bits per heavy atom. The Bertz CT molecular complexity index is 640. The van der Waals surface area contributed by atoms with Gasteiger partial charge in [0.1, 0.15) is 5.82 Å². The van der Waals surface area contributed by atoms with E-state index in [2.05, 4.69) is 31.5 Å². The van der Waals surface area contributed by atoms with Gasteiger partial charge < -0.3 is 10.6 Å². The second-order valence-electron chi connectivity index (χ2n) is 4.62. The van der Waals surface area contributed by atoms with Gasteiger partial charge >= 0.3 is 0 Å². The monoisotopic (exact) mass is 371 g/mol. The molecule has 1 aromatic carbocycles. The van der Waals surface area contributed by atoms with Crippen LogP contribution in [0.1, 0.15) is 16.8 Å². The zero-order valence-corrected chi connectivity index (χ0v) is 14.1. The maximum Gasteiger partial charge on any atom is 0.240 e. The molecule has 0 saturated heterocycles. The predicted octanol–water partition coefficient (Wildman–Crippen LogP) is 3.39. The number of rotatable bonds is 5. The van der Waals surface area contributed by atoms with Crippen molar-refractivity contribution in [1.82, 2.24) is 10.3 Å². The van der Waals surface area contributed by atoms with Gasteiger partial charge in [-0.15, -0.1) is 0 Å². The molecule has 1 aromatic heterocycles. The zero-order chi connectivity index (χ0) is 15.4. The Hall–Kier alpha value is -1.31. The van der Waals surface area contributed by atoms with Gasteiger partial charge in [-0.2, -0.15) is 0 Å². The molecule has 21 heavy (non-hydrogen) atoms. The minimum absolute atomic E-state index is 0.101. The van der Waals surface area contributed by atoms with Crippen LogP contribution < -0.4 is 10.6 Å². The number of amides is 1. The van der Waals surface area contributed by atoms with Crippen LogP contribution in [-0.4, -0.2) is 17.4 Å². The smallest absolute Gasteiger partial charge is 0.240 e. The molecule has 112 valence electrons. The SMILES string of the molecule is Cc1ccc(CNCC(=O)Nc2nc(C)c(Br)s2)c(F)c1. The normalized spacial score (nSPS) is 10.7. The summed E-state index contributed by atoms with van der Waals surface area (Å²) in [5.74, 6) is -0.467. The fourth-order valence-corrected chi connectivity index (χ4v) is 2.96. The second kappa shape index (κ2) is 7.11.